The zero-order chi connectivity index (χ0) is 17.0. The molecule has 0 radical (unpaired) electrons. The molecule has 0 nitrogen and oxygen atoms in total. The van der Waals surface area contributed by atoms with Gasteiger partial charge in [-0.05, 0) is 53.8 Å². The van der Waals surface area contributed by atoms with Crippen molar-refractivity contribution in [1.29, 1.82) is 0 Å². The van der Waals surface area contributed by atoms with Crippen molar-refractivity contribution in [2.24, 2.45) is 5.41 Å². The second-order valence-corrected chi connectivity index (χ2v) is 9.34. The Hall–Kier alpha value is -1.99. The van der Waals surface area contributed by atoms with E-state index in [2.05, 4.69) is 106 Å². The Morgan fingerprint density at radius 1 is 0.583 bits per heavy atom. The van der Waals surface area contributed by atoms with E-state index in [0.29, 0.717) is 5.41 Å². The maximum Gasteiger partial charge on any atom is 0.166 e. The monoisotopic (exact) mass is 333 g/mol. The largest absolute Gasteiger partial charge is 0.166 e. The van der Waals surface area contributed by atoms with Crippen LogP contribution in [0, 0.1) is 5.41 Å². The lowest BCUT2D eigenvalue weighted by atomic mass is 9.88. The molecule has 0 saturated carbocycles. The molecule has 0 spiro atoms. The van der Waals surface area contributed by atoms with Crippen LogP contribution in [0.2, 0.25) is 0 Å². The Bertz CT molecular complexity index is 713. The second kappa shape index (κ2) is 7.27. The summed E-state index contributed by atoms with van der Waals surface area (Å²) in [6.45, 7) is 6.87. The zero-order valence-electron chi connectivity index (χ0n) is 14.7. The molecule has 122 valence electrons. The summed E-state index contributed by atoms with van der Waals surface area (Å²) in [5.41, 5.74) is 1.73. The molecule has 0 atom stereocenters. The van der Waals surface area contributed by atoms with Crippen LogP contribution in [0.5, 0.6) is 0 Å². The first kappa shape index (κ1) is 16.9. The molecule has 3 aromatic rings. The third-order valence-electron chi connectivity index (χ3n) is 3.85. The Morgan fingerprint density at radius 2 is 1.00 bits per heavy atom. The van der Waals surface area contributed by atoms with E-state index >= 15 is 0 Å². The van der Waals surface area contributed by atoms with Gasteiger partial charge in [-0.1, -0.05) is 69.3 Å². The minimum Gasteiger partial charge on any atom is -0.0619 e. The van der Waals surface area contributed by atoms with Crippen LogP contribution in [0.25, 0.3) is 0 Å². The molecular weight excluding hydrogens is 308 g/mol. The van der Waals surface area contributed by atoms with E-state index in [-0.39, 0.29) is 10.9 Å². The first-order valence-corrected chi connectivity index (χ1v) is 9.69. The lowest BCUT2D eigenvalue weighted by molar-refractivity contribution is 0.411. The van der Waals surface area contributed by atoms with Crippen molar-refractivity contribution < 1.29 is 0 Å². The van der Waals surface area contributed by atoms with Gasteiger partial charge in [-0.15, -0.1) is 0 Å². The Kier molecular flexibility index (Phi) is 5.11. The quantitative estimate of drug-likeness (QED) is 0.487. The number of benzene rings is 3. The van der Waals surface area contributed by atoms with Gasteiger partial charge in [0.1, 0.15) is 0 Å². The topological polar surface area (TPSA) is 0 Å². The summed E-state index contributed by atoms with van der Waals surface area (Å²) in [5, 5.41) is 0. The van der Waals surface area contributed by atoms with E-state index in [4.69, 9.17) is 0 Å². The molecule has 0 saturated heterocycles. The van der Waals surface area contributed by atoms with Crippen LogP contribution >= 0.6 is 0 Å². The maximum absolute atomic E-state index is 2.31. The molecule has 0 bridgehead atoms. The summed E-state index contributed by atoms with van der Waals surface area (Å²) < 4.78 is 0. The van der Waals surface area contributed by atoms with Gasteiger partial charge in [0.25, 0.3) is 0 Å². The first-order chi connectivity index (χ1) is 11.5. The van der Waals surface area contributed by atoms with Crippen LogP contribution in [0.3, 0.4) is 0 Å². The smallest absolute Gasteiger partial charge is 0.0619 e. The van der Waals surface area contributed by atoms with Crippen LogP contribution < -0.4 is 0 Å². The van der Waals surface area contributed by atoms with Crippen LogP contribution in [0.1, 0.15) is 26.3 Å². The molecule has 0 unspecified atom stereocenters. The van der Waals surface area contributed by atoms with Crippen molar-refractivity contribution >= 4 is 10.9 Å². The van der Waals surface area contributed by atoms with E-state index in [1.807, 2.05) is 0 Å². The molecule has 0 aliphatic heterocycles. The van der Waals surface area contributed by atoms with Gasteiger partial charge in [-0.25, -0.2) is 0 Å². The van der Waals surface area contributed by atoms with E-state index in [9.17, 15) is 0 Å². The fraction of sp³-hybridized carbons (Fsp3) is 0.217. The summed E-state index contributed by atoms with van der Waals surface area (Å²) in [6.07, 6.45) is 1.11. The van der Waals surface area contributed by atoms with Crippen LogP contribution in [0.15, 0.2) is 99.6 Å². The van der Waals surface area contributed by atoms with E-state index in [0.717, 1.165) is 6.42 Å². The highest BCUT2D eigenvalue weighted by Gasteiger charge is 2.28. The summed E-state index contributed by atoms with van der Waals surface area (Å²) in [6, 6.07) is 30.9. The highest BCUT2D eigenvalue weighted by Crippen LogP contribution is 2.31. The average molecular weight is 334 g/mol. The average Bonchev–Trinajstić information content (AvgIpc) is 2.57. The normalized spacial score (nSPS) is 11.7. The summed E-state index contributed by atoms with van der Waals surface area (Å²) in [7, 11) is -0.0460. The van der Waals surface area contributed by atoms with Crippen LogP contribution in [-0.4, -0.2) is 0 Å². The third kappa shape index (κ3) is 4.30. The second-order valence-electron chi connectivity index (χ2n) is 7.31. The SMILES string of the molecule is CC(C)(C)Cc1ccc([S+](c2ccccc2)c2ccccc2)cc1. The van der Waals surface area contributed by atoms with Crippen LogP contribution in [-0.2, 0) is 17.3 Å². The Labute approximate surface area is 148 Å². The molecule has 3 rings (SSSR count). The molecule has 0 fully saturated rings. The van der Waals surface area contributed by atoms with Gasteiger partial charge < -0.3 is 0 Å². The minimum absolute atomic E-state index is 0.0460. The molecule has 0 aliphatic carbocycles. The fourth-order valence-corrected chi connectivity index (χ4v) is 4.96. The van der Waals surface area contributed by atoms with Gasteiger partial charge in [0, 0.05) is 0 Å². The third-order valence-corrected chi connectivity index (χ3v) is 6.08. The first-order valence-electron chi connectivity index (χ1n) is 8.46. The lowest BCUT2D eigenvalue weighted by Crippen LogP contribution is -2.09. The van der Waals surface area contributed by atoms with Gasteiger partial charge in [0.05, 0.1) is 10.9 Å². The molecule has 0 amide bonds. The maximum atomic E-state index is 2.31. The minimum atomic E-state index is -0.0460. The molecule has 1 heteroatoms. The Balaban J connectivity index is 1.98. The fourth-order valence-electron chi connectivity index (χ4n) is 2.88. The predicted molar refractivity (Wildman–Crippen MR) is 105 cm³/mol. The predicted octanol–water partition coefficient (Wildman–Crippen LogP) is 6.37. The van der Waals surface area contributed by atoms with Crippen molar-refractivity contribution in [1.82, 2.24) is 0 Å². The van der Waals surface area contributed by atoms with Gasteiger partial charge in [-0.2, -0.15) is 0 Å². The van der Waals surface area contributed by atoms with Gasteiger partial charge in [-0.3, -0.25) is 0 Å². The highest BCUT2D eigenvalue weighted by molar-refractivity contribution is 7.97. The summed E-state index contributed by atoms with van der Waals surface area (Å²) in [4.78, 5) is 4.12. The van der Waals surface area contributed by atoms with Crippen molar-refractivity contribution in [2.75, 3.05) is 0 Å². The molecular formula is C23H25S+. The molecule has 0 aromatic heterocycles. The lowest BCUT2D eigenvalue weighted by Gasteiger charge is -2.18. The van der Waals surface area contributed by atoms with E-state index < -0.39 is 0 Å². The van der Waals surface area contributed by atoms with Gasteiger partial charge >= 0.3 is 0 Å². The van der Waals surface area contributed by atoms with Crippen molar-refractivity contribution in [2.45, 2.75) is 41.9 Å². The molecule has 24 heavy (non-hydrogen) atoms. The molecule has 0 N–H and O–H groups in total. The number of hydrogen-bond donors (Lipinski definition) is 0. The van der Waals surface area contributed by atoms with E-state index in [1.54, 1.807) is 0 Å². The summed E-state index contributed by atoms with van der Waals surface area (Å²) in [5.74, 6) is 0. The van der Waals surface area contributed by atoms with E-state index in [1.165, 1.54) is 20.2 Å². The standard InChI is InChI=1S/C23H25S/c1-23(2,3)18-19-14-16-22(17-15-19)24(20-10-6-4-7-11-20)21-12-8-5-9-13-21/h4-17H,18H2,1-3H3/q+1. The molecule has 0 heterocycles. The van der Waals surface area contributed by atoms with Crippen molar-refractivity contribution in [3.63, 3.8) is 0 Å². The van der Waals surface area contributed by atoms with Gasteiger partial charge in [0.15, 0.2) is 14.7 Å². The Morgan fingerprint density at radius 3 is 1.42 bits per heavy atom. The zero-order valence-corrected chi connectivity index (χ0v) is 15.5. The highest BCUT2D eigenvalue weighted by atomic mass is 32.2. The molecule has 3 aromatic carbocycles. The number of hydrogen-bond acceptors (Lipinski definition) is 0. The van der Waals surface area contributed by atoms with Crippen LogP contribution in [0.4, 0.5) is 0 Å². The molecule has 0 aliphatic rings. The van der Waals surface area contributed by atoms with Crippen molar-refractivity contribution in [3.05, 3.63) is 90.5 Å². The van der Waals surface area contributed by atoms with Gasteiger partial charge in [0.2, 0.25) is 0 Å². The summed E-state index contributed by atoms with van der Waals surface area (Å²) >= 11 is 0. The van der Waals surface area contributed by atoms with Crippen molar-refractivity contribution in [3.8, 4) is 0 Å². The number of rotatable bonds is 4.